The number of rotatable bonds is 3. The number of aliphatic hydroxyl groups is 1. The van der Waals surface area contributed by atoms with Crippen LogP contribution in [0.5, 0.6) is 0 Å². The highest BCUT2D eigenvalue weighted by Crippen LogP contribution is 2.11. The summed E-state index contributed by atoms with van der Waals surface area (Å²) in [7, 11) is 0. The van der Waals surface area contributed by atoms with Gasteiger partial charge in [0, 0.05) is 13.0 Å². The predicted molar refractivity (Wildman–Crippen MR) is 42.3 cm³/mol. The van der Waals surface area contributed by atoms with Gasteiger partial charge in [-0.15, -0.1) is 0 Å². The van der Waals surface area contributed by atoms with Gasteiger partial charge in [0.1, 0.15) is 12.6 Å². The quantitative estimate of drug-likeness (QED) is 0.562. The predicted octanol–water partition coefficient (Wildman–Crippen LogP) is -0.890. The number of quaternary nitrogens is 1. The Balaban J connectivity index is 2.12. The minimum absolute atomic E-state index is 0.126. The van der Waals surface area contributed by atoms with Crippen LogP contribution in [0.2, 0.25) is 0 Å². The van der Waals surface area contributed by atoms with Crippen LogP contribution in [0.1, 0.15) is 19.8 Å². The van der Waals surface area contributed by atoms with Gasteiger partial charge in [-0.1, -0.05) is 0 Å². The van der Waals surface area contributed by atoms with Gasteiger partial charge >= 0.3 is 0 Å². The molecule has 1 aliphatic heterocycles. The molecule has 0 unspecified atom stereocenters. The van der Waals surface area contributed by atoms with E-state index in [1.807, 2.05) is 0 Å². The van der Waals surface area contributed by atoms with E-state index in [0.717, 1.165) is 32.5 Å². The molecule has 1 rings (SSSR count). The molecule has 1 fully saturated rings. The van der Waals surface area contributed by atoms with Gasteiger partial charge in [-0.05, 0) is 13.3 Å². The second-order valence-corrected chi connectivity index (χ2v) is 3.10. The van der Waals surface area contributed by atoms with Gasteiger partial charge in [-0.25, -0.2) is 0 Å². The standard InChI is InChI=1S/C8H17NO2/c1-2-9-6-8-5-7(10)3-4-11-8/h7-10H,2-6H2,1H3/p+1/t7-,8+/m1/s1. The van der Waals surface area contributed by atoms with Crippen molar-refractivity contribution in [1.82, 2.24) is 0 Å². The number of nitrogens with two attached hydrogens (primary N) is 1. The van der Waals surface area contributed by atoms with Gasteiger partial charge in [0.15, 0.2) is 0 Å². The summed E-state index contributed by atoms with van der Waals surface area (Å²) < 4.78 is 5.46. The third-order valence-electron chi connectivity index (χ3n) is 2.06. The van der Waals surface area contributed by atoms with Gasteiger partial charge in [0.25, 0.3) is 0 Å². The summed E-state index contributed by atoms with van der Waals surface area (Å²) in [6.07, 6.45) is 1.77. The van der Waals surface area contributed by atoms with Crippen LogP contribution in [0.3, 0.4) is 0 Å². The van der Waals surface area contributed by atoms with Gasteiger partial charge < -0.3 is 15.2 Å². The Kier molecular flexibility index (Phi) is 3.83. The third kappa shape index (κ3) is 3.18. The van der Waals surface area contributed by atoms with Crippen LogP contribution >= 0.6 is 0 Å². The van der Waals surface area contributed by atoms with Gasteiger partial charge in [-0.2, -0.15) is 0 Å². The van der Waals surface area contributed by atoms with Crippen LogP contribution < -0.4 is 5.32 Å². The number of hydrogen-bond acceptors (Lipinski definition) is 2. The molecule has 0 aromatic heterocycles. The maximum atomic E-state index is 9.29. The highest BCUT2D eigenvalue weighted by Gasteiger charge is 2.21. The number of aliphatic hydroxyl groups excluding tert-OH is 1. The molecule has 0 spiro atoms. The molecule has 0 amide bonds. The van der Waals surface area contributed by atoms with Crippen LogP contribution in [0.25, 0.3) is 0 Å². The van der Waals surface area contributed by atoms with Crippen LogP contribution in [-0.2, 0) is 4.74 Å². The number of hydrogen-bond donors (Lipinski definition) is 2. The van der Waals surface area contributed by atoms with E-state index >= 15 is 0 Å². The molecule has 0 aromatic rings. The van der Waals surface area contributed by atoms with Gasteiger partial charge in [0.2, 0.25) is 0 Å². The summed E-state index contributed by atoms with van der Waals surface area (Å²) in [6.45, 7) is 4.94. The van der Waals surface area contributed by atoms with Crippen molar-refractivity contribution in [2.75, 3.05) is 19.7 Å². The lowest BCUT2D eigenvalue weighted by Crippen LogP contribution is -2.86. The fraction of sp³-hybridized carbons (Fsp3) is 1.00. The highest BCUT2D eigenvalue weighted by atomic mass is 16.5. The Morgan fingerprint density at radius 2 is 2.45 bits per heavy atom. The molecule has 2 atom stereocenters. The van der Waals surface area contributed by atoms with E-state index in [9.17, 15) is 5.11 Å². The van der Waals surface area contributed by atoms with Gasteiger partial charge in [-0.3, -0.25) is 0 Å². The lowest BCUT2D eigenvalue weighted by atomic mass is 10.1. The maximum absolute atomic E-state index is 9.29. The summed E-state index contributed by atoms with van der Waals surface area (Å²) in [5.74, 6) is 0. The number of likely N-dealkylation sites (N-methyl/N-ethyl adjacent to an activating group) is 1. The summed E-state index contributed by atoms with van der Waals surface area (Å²) in [4.78, 5) is 0. The zero-order valence-electron chi connectivity index (χ0n) is 7.12. The summed E-state index contributed by atoms with van der Waals surface area (Å²) in [5.41, 5.74) is 0. The Labute approximate surface area is 67.7 Å². The van der Waals surface area contributed by atoms with Crippen molar-refractivity contribution in [3.63, 3.8) is 0 Å². The first-order valence-corrected chi connectivity index (χ1v) is 4.44. The molecule has 1 saturated heterocycles. The zero-order chi connectivity index (χ0) is 8.10. The molecule has 0 bridgehead atoms. The Hall–Kier alpha value is -0.120. The van der Waals surface area contributed by atoms with Crippen molar-refractivity contribution in [2.45, 2.75) is 32.0 Å². The fourth-order valence-corrected chi connectivity index (χ4v) is 1.38. The number of ether oxygens (including phenoxy) is 1. The molecule has 1 heterocycles. The van der Waals surface area contributed by atoms with Crippen LogP contribution in [0.4, 0.5) is 0 Å². The highest BCUT2D eigenvalue weighted by molar-refractivity contribution is 4.68. The monoisotopic (exact) mass is 160 g/mol. The molecule has 1 aliphatic rings. The van der Waals surface area contributed by atoms with Crippen molar-refractivity contribution in [2.24, 2.45) is 0 Å². The molecule has 0 saturated carbocycles. The smallest absolute Gasteiger partial charge is 0.109 e. The van der Waals surface area contributed by atoms with Crippen molar-refractivity contribution >= 4 is 0 Å². The van der Waals surface area contributed by atoms with Crippen molar-refractivity contribution in [3.8, 4) is 0 Å². The van der Waals surface area contributed by atoms with E-state index in [2.05, 4.69) is 12.2 Å². The van der Waals surface area contributed by atoms with E-state index in [0.29, 0.717) is 0 Å². The Bertz CT molecular complexity index is 108. The molecule has 3 nitrogen and oxygen atoms in total. The van der Waals surface area contributed by atoms with Gasteiger partial charge in [0.05, 0.1) is 12.6 Å². The average Bonchev–Trinajstić information content (AvgIpc) is 2.01. The lowest BCUT2D eigenvalue weighted by Gasteiger charge is -2.24. The summed E-state index contributed by atoms with van der Waals surface area (Å²) in [5, 5.41) is 11.5. The molecular formula is C8H18NO2+. The summed E-state index contributed by atoms with van der Waals surface area (Å²) in [6, 6.07) is 0. The Morgan fingerprint density at radius 1 is 1.64 bits per heavy atom. The van der Waals surface area contributed by atoms with E-state index in [-0.39, 0.29) is 12.2 Å². The first kappa shape index (κ1) is 8.97. The molecule has 66 valence electrons. The van der Waals surface area contributed by atoms with E-state index < -0.39 is 0 Å². The van der Waals surface area contributed by atoms with Crippen LogP contribution in [0.15, 0.2) is 0 Å². The second-order valence-electron chi connectivity index (χ2n) is 3.10. The molecule has 3 N–H and O–H groups in total. The first-order chi connectivity index (χ1) is 5.33. The van der Waals surface area contributed by atoms with E-state index in [1.165, 1.54) is 0 Å². The zero-order valence-corrected chi connectivity index (χ0v) is 7.12. The van der Waals surface area contributed by atoms with Crippen molar-refractivity contribution < 1.29 is 15.2 Å². The second kappa shape index (κ2) is 4.70. The molecule has 0 aromatic carbocycles. The van der Waals surface area contributed by atoms with Crippen molar-refractivity contribution in [1.29, 1.82) is 0 Å². The lowest BCUT2D eigenvalue weighted by molar-refractivity contribution is -0.659. The molecule has 0 radical (unpaired) electrons. The third-order valence-corrected chi connectivity index (χ3v) is 2.06. The first-order valence-electron chi connectivity index (χ1n) is 4.44. The molecule has 0 aliphatic carbocycles. The molecule has 11 heavy (non-hydrogen) atoms. The van der Waals surface area contributed by atoms with E-state index in [1.54, 1.807) is 0 Å². The van der Waals surface area contributed by atoms with Crippen LogP contribution in [-0.4, -0.2) is 37.0 Å². The largest absolute Gasteiger partial charge is 0.393 e. The molecule has 3 heteroatoms. The topological polar surface area (TPSA) is 46.1 Å². The molecular weight excluding hydrogens is 142 g/mol. The minimum atomic E-state index is -0.126. The van der Waals surface area contributed by atoms with E-state index in [4.69, 9.17) is 4.74 Å². The normalized spacial score (nSPS) is 32.2. The minimum Gasteiger partial charge on any atom is -0.393 e. The Morgan fingerprint density at radius 3 is 3.09 bits per heavy atom. The summed E-state index contributed by atoms with van der Waals surface area (Å²) >= 11 is 0. The fourth-order valence-electron chi connectivity index (χ4n) is 1.38. The SMILES string of the molecule is CC[NH2+]C[C@@H]1C[C@H](O)CCO1. The van der Waals surface area contributed by atoms with Crippen LogP contribution in [0, 0.1) is 0 Å². The maximum Gasteiger partial charge on any atom is 0.109 e. The average molecular weight is 160 g/mol. The van der Waals surface area contributed by atoms with Crippen molar-refractivity contribution in [3.05, 3.63) is 0 Å².